The van der Waals surface area contributed by atoms with Crippen molar-refractivity contribution in [3.8, 4) is 0 Å². The van der Waals surface area contributed by atoms with Crippen LogP contribution in [0.25, 0.3) is 0 Å². The van der Waals surface area contributed by atoms with E-state index in [4.69, 9.17) is 0 Å². The van der Waals surface area contributed by atoms with Crippen LogP contribution in [-0.4, -0.2) is 14.3 Å². The fourth-order valence-corrected chi connectivity index (χ4v) is 4.36. The highest BCUT2D eigenvalue weighted by Crippen LogP contribution is 2.23. The number of benzene rings is 3. The van der Waals surface area contributed by atoms with E-state index in [2.05, 4.69) is 26.0 Å². The van der Waals surface area contributed by atoms with Gasteiger partial charge < -0.3 is 13.8 Å². The third-order valence-electron chi connectivity index (χ3n) is 3.89. The number of hydrogen-bond donors (Lipinski definition) is 2. The molecular formula is C19H14BrIN3O5S-. The Balaban J connectivity index is 1.76. The van der Waals surface area contributed by atoms with E-state index in [1.54, 1.807) is 24.3 Å². The zero-order chi connectivity index (χ0) is 21.7. The third-order valence-corrected chi connectivity index (χ3v) is 6.72. The normalized spacial score (nSPS) is 11.0. The van der Waals surface area contributed by atoms with E-state index in [1.807, 2.05) is 0 Å². The highest BCUT2D eigenvalue weighted by atomic mass is 127. The molecule has 3 rings (SSSR count). The van der Waals surface area contributed by atoms with Crippen molar-refractivity contribution < 1.29 is 16.3 Å². The standard InChI is InChI=1S/C19H14BrIN3O5S/c20-14-4-6-16(7-5-14)23-30(28,29)18-3-1-2-13(12-18)19(25)22-15-8-10-17(11-9-15)24(27)21-26/h1-12,23H,(H,22,25)/q-1. The predicted molar refractivity (Wildman–Crippen MR) is 126 cm³/mol. The van der Waals surface area contributed by atoms with Gasteiger partial charge in [-0.1, -0.05) is 22.0 Å². The van der Waals surface area contributed by atoms with Gasteiger partial charge in [0, 0.05) is 27.1 Å². The molecule has 0 spiro atoms. The molecule has 30 heavy (non-hydrogen) atoms. The highest BCUT2D eigenvalue weighted by molar-refractivity contribution is 14.1. The molecule has 11 heteroatoms. The van der Waals surface area contributed by atoms with Crippen molar-refractivity contribution in [2.45, 2.75) is 4.90 Å². The molecule has 0 aliphatic heterocycles. The highest BCUT2D eigenvalue weighted by Gasteiger charge is 2.17. The number of amides is 1. The first-order valence-electron chi connectivity index (χ1n) is 8.33. The molecule has 2 N–H and O–H groups in total. The smallest absolute Gasteiger partial charge is 0.262 e. The van der Waals surface area contributed by atoms with Crippen LogP contribution in [0.4, 0.5) is 17.1 Å². The minimum atomic E-state index is -3.89. The van der Waals surface area contributed by atoms with Crippen molar-refractivity contribution in [3.63, 3.8) is 0 Å². The van der Waals surface area contributed by atoms with Crippen LogP contribution < -0.4 is 13.3 Å². The summed E-state index contributed by atoms with van der Waals surface area (Å²) >= 11 is 1.43. The summed E-state index contributed by atoms with van der Waals surface area (Å²) < 4.78 is 39.7. The molecule has 3 aromatic carbocycles. The number of hydrogen-bond acceptors (Lipinski definition) is 5. The molecule has 0 saturated carbocycles. The molecule has 3 aromatic rings. The van der Waals surface area contributed by atoms with Crippen molar-refractivity contribution in [1.82, 2.24) is 0 Å². The van der Waals surface area contributed by atoms with Crippen LogP contribution in [0.5, 0.6) is 0 Å². The van der Waals surface area contributed by atoms with Gasteiger partial charge in [-0.25, -0.2) is 11.5 Å². The van der Waals surface area contributed by atoms with Gasteiger partial charge >= 0.3 is 0 Å². The Morgan fingerprint density at radius 3 is 2.23 bits per heavy atom. The summed E-state index contributed by atoms with van der Waals surface area (Å²) in [7, 11) is -3.89. The summed E-state index contributed by atoms with van der Waals surface area (Å²) in [6.07, 6.45) is 0. The van der Waals surface area contributed by atoms with Gasteiger partial charge in [0.2, 0.25) is 0 Å². The monoisotopic (exact) mass is 602 g/mol. The lowest BCUT2D eigenvalue weighted by Crippen LogP contribution is -2.16. The molecule has 0 fully saturated rings. The van der Waals surface area contributed by atoms with Gasteiger partial charge in [-0.2, -0.15) is 0 Å². The second kappa shape index (κ2) is 9.64. The van der Waals surface area contributed by atoms with Crippen LogP contribution in [0, 0.1) is 5.21 Å². The van der Waals surface area contributed by atoms with Crippen molar-refractivity contribution >= 4 is 70.4 Å². The van der Waals surface area contributed by atoms with Crippen LogP contribution in [0.15, 0.2) is 82.2 Å². The number of rotatable bonds is 7. The molecule has 0 atom stereocenters. The largest absolute Gasteiger partial charge is 0.748 e. The maximum Gasteiger partial charge on any atom is 0.262 e. The number of nitrogens with zero attached hydrogens (tertiary/aromatic N) is 1. The number of halogens is 2. The maximum atomic E-state index is 12.6. The lowest BCUT2D eigenvalue weighted by atomic mass is 10.2. The lowest BCUT2D eigenvalue weighted by molar-refractivity contribution is 0.102. The first-order chi connectivity index (χ1) is 14.3. The van der Waals surface area contributed by atoms with E-state index in [9.17, 15) is 21.5 Å². The Bertz CT molecular complexity index is 1170. The number of carbonyl (C=O) groups excluding carboxylic acids is 1. The Labute approximate surface area is 192 Å². The SMILES string of the molecule is O=IN([O-])c1ccc(NC(=O)c2cccc(S(=O)(=O)Nc3ccc(Br)cc3)c2)cc1. The van der Waals surface area contributed by atoms with Gasteiger partial charge in [0.1, 0.15) is 0 Å². The van der Waals surface area contributed by atoms with Crippen LogP contribution in [0.2, 0.25) is 0 Å². The van der Waals surface area contributed by atoms with Gasteiger partial charge in [0.05, 0.1) is 4.90 Å². The van der Waals surface area contributed by atoms with E-state index >= 15 is 0 Å². The third kappa shape index (κ3) is 5.62. The fraction of sp³-hybridized carbons (Fsp3) is 0. The Morgan fingerprint density at radius 1 is 0.967 bits per heavy atom. The molecule has 0 aliphatic rings. The molecule has 0 aliphatic carbocycles. The molecule has 8 nitrogen and oxygen atoms in total. The summed E-state index contributed by atoms with van der Waals surface area (Å²) in [4.78, 5) is 12.5. The van der Waals surface area contributed by atoms with Crippen LogP contribution >= 0.6 is 37.4 Å². The molecule has 0 radical (unpaired) electrons. The van der Waals surface area contributed by atoms with Gasteiger partial charge in [0.25, 0.3) is 37.4 Å². The van der Waals surface area contributed by atoms with Crippen molar-refractivity contribution in [3.05, 3.63) is 88.0 Å². The summed E-state index contributed by atoms with van der Waals surface area (Å²) in [6.45, 7) is 0. The number of anilines is 3. The number of sulfonamides is 1. The first-order valence-corrected chi connectivity index (χ1v) is 12.5. The van der Waals surface area contributed by atoms with E-state index in [0.29, 0.717) is 14.7 Å². The molecule has 1 amide bonds. The number of carbonyl (C=O) groups is 1. The lowest BCUT2D eigenvalue weighted by Gasteiger charge is -2.20. The van der Waals surface area contributed by atoms with E-state index in [-0.39, 0.29) is 16.1 Å². The second-order valence-corrected chi connectivity index (χ2v) is 9.82. The zero-order valence-corrected chi connectivity index (χ0v) is 19.6. The van der Waals surface area contributed by atoms with Gasteiger partial charge in [0.15, 0.2) is 0 Å². The van der Waals surface area contributed by atoms with Crippen LogP contribution in [0.1, 0.15) is 10.4 Å². The quantitative estimate of drug-likeness (QED) is 0.222. The minimum absolute atomic E-state index is 0.0604. The van der Waals surface area contributed by atoms with Crippen molar-refractivity contribution in [1.29, 1.82) is 0 Å². The Kier molecular flexibility index (Phi) is 7.18. The first kappa shape index (κ1) is 22.3. The minimum Gasteiger partial charge on any atom is -0.748 e. The van der Waals surface area contributed by atoms with Crippen molar-refractivity contribution in [2.75, 3.05) is 13.3 Å². The zero-order valence-electron chi connectivity index (χ0n) is 15.1. The number of nitrogens with one attached hydrogen (secondary N) is 2. The maximum absolute atomic E-state index is 12.6. The van der Waals surface area contributed by atoms with E-state index < -0.39 is 37.4 Å². The summed E-state index contributed by atoms with van der Waals surface area (Å²) in [6, 6.07) is 18.1. The van der Waals surface area contributed by atoms with Gasteiger partial charge in [-0.15, -0.1) is 0 Å². The summed E-state index contributed by atoms with van der Waals surface area (Å²) in [5, 5.41) is 14.0. The molecule has 156 valence electrons. The van der Waals surface area contributed by atoms with Gasteiger partial charge in [-0.05, 0) is 66.7 Å². The molecular weight excluding hydrogens is 589 g/mol. The van der Waals surface area contributed by atoms with Crippen LogP contribution in [-0.2, 0) is 13.1 Å². The second-order valence-electron chi connectivity index (χ2n) is 5.96. The molecule has 0 bridgehead atoms. The summed E-state index contributed by atoms with van der Waals surface area (Å²) in [5.74, 6) is -0.515. The van der Waals surface area contributed by atoms with Gasteiger partial charge in [-0.3, -0.25) is 9.52 Å². The molecule has 0 unspecified atom stereocenters. The van der Waals surface area contributed by atoms with Crippen LogP contribution in [0.3, 0.4) is 0 Å². The Hall–Kier alpha value is -2.35. The Morgan fingerprint density at radius 2 is 1.60 bits per heavy atom. The average molecular weight is 603 g/mol. The fourth-order valence-electron chi connectivity index (χ4n) is 2.44. The topological polar surface area (TPSA) is 119 Å². The molecule has 0 saturated heterocycles. The van der Waals surface area contributed by atoms with Crippen molar-refractivity contribution in [2.24, 2.45) is 0 Å². The average Bonchev–Trinajstić information content (AvgIpc) is 2.75. The van der Waals surface area contributed by atoms with E-state index in [0.717, 1.165) is 4.47 Å². The summed E-state index contributed by atoms with van der Waals surface area (Å²) in [5.41, 5.74) is 1.17. The van der Waals surface area contributed by atoms with E-state index in [1.165, 1.54) is 48.5 Å². The predicted octanol–water partition coefficient (Wildman–Crippen LogP) is 5.04. The molecule has 0 aromatic heterocycles. The molecule has 0 heterocycles.